The van der Waals surface area contributed by atoms with Crippen molar-refractivity contribution < 1.29 is 9.53 Å². The lowest BCUT2D eigenvalue weighted by Gasteiger charge is -2.08. The van der Waals surface area contributed by atoms with Gasteiger partial charge in [-0.25, -0.2) is 4.79 Å². The molecule has 0 fully saturated rings. The van der Waals surface area contributed by atoms with E-state index < -0.39 is 5.97 Å². The molecule has 0 amide bonds. The molecular weight excluding hydrogens is 406 g/mol. The lowest BCUT2D eigenvalue weighted by Crippen LogP contribution is -2.12. The molecule has 3 aromatic rings. The summed E-state index contributed by atoms with van der Waals surface area (Å²) in [6.07, 6.45) is 2.53. The number of nitriles is 1. The third-order valence-corrected chi connectivity index (χ3v) is 4.76. The van der Waals surface area contributed by atoms with Crippen LogP contribution in [0.1, 0.15) is 36.1 Å². The van der Waals surface area contributed by atoms with Crippen LogP contribution in [0.3, 0.4) is 0 Å². The molecule has 3 N–H and O–H groups in total. The number of rotatable bonds is 8. The lowest BCUT2D eigenvalue weighted by molar-refractivity contribution is -0.139. The summed E-state index contributed by atoms with van der Waals surface area (Å²) in [5, 5.41) is 12.5. The van der Waals surface area contributed by atoms with Gasteiger partial charge in [-0.3, -0.25) is 0 Å². The molecule has 0 bridgehead atoms. The maximum atomic E-state index is 12.5. The number of carbonyl (C=O) groups excluding carboxylic acids is 1. The number of para-hydroxylation sites is 1. The topological polar surface area (TPSA) is 132 Å². The largest absolute Gasteiger partial charge is 0.453 e. The summed E-state index contributed by atoms with van der Waals surface area (Å²) in [4.78, 5) is 24.8. The van der Waals surface area contributed by atoms with Crippen molar-refractivity contribution in [2.45, 2.75) is 40.3 Å². The Hall–Kier alpha value is -4.19. The predicted octanol–water partition coefficient (Wildman–Crippen LogP) is 3.68. The summed E-state index contributed by atoms with van der Waals surface area (Å²) >= 11 is 0. The predicted molar refractivity (Wildman–Crippen MR) is 122 cm³/mol. The van der Waals surface area contributed by atoms with E-state index >= 15 is 0 Å². The fraction of sp³-hybridized carbons (Fsp3) is 0.261. The van der Waals surface area contributed by atoms with E-state index in [1.54, 1.807) is 6.08 Å². The van der Waals surface area contributed by atoms with Crippen LogP contribution in [0.15, 0.2) is 42.0 Å². The van der Waals surface area contributed by atoms with Gasteiger partial charge in [0.25, 0.3) is 0 Å². The number of carbonyl (C=O) groups is 1. The number of anilines is 3. The first-order valence-corrected chi connectivity index (χ1v) is 10.2. The molecule has 0 saturated carbocycles. The Morgan fingerprint density at radius 1 is 1.25 bits per heavy atom. The average molecular weight is 432 g/mol. The summed E-state index contributed by atoms with van der Waals surface area (Å²) in [6, 6.07) is 13.2. The quantitative estimate of drug-likeness (QED) is 0.314. The second-order valence-corrected chi connectivity index (χ2v) is 7.15. The standard InChI is InChI=1S/C23H25N7O2/c1-4-10-30-15(2)11-17(16(30)3)12-18(13-24)21(31)32-14-20-27-22(25)29-23(28-20)26-19-8-6-5-7-9-19/h5-9,11-12H,4,10,14H2,1-3H3,(H3,25,26,27,28,29)/b18-12+. The van der Waals surface area contributed by atoms with Crippen LogP contribution in [0.25, 0.3) is 6.08 Å². The number of aryl methyl sites for hydroxylation is 1. The molecule has 0 aliphatic rings. The van der Waals surface area contributed by atoms with Crippen LogP contribution in [0, 0.1) is 25.2 Å². The summed E-state index contributed by atoms with van der Waals surface area (Å²) in [6.45, 7) is 6.68. The number of nitrogens with two attached hydrogens (primary N) is 1. The second-order valence-electron chi connectivity index (χ2n) is 7.15. The third-order valence-electron chi connectivity index (χ3n) is 4.76. The van der Waals surface area contributed by atoms with Gasteiger partial charge < -0.3 is 20.4 Å². The fourth-order valence-corrected chi connectivity index (χ4v) is 3.25. The highest BCUT2D eigenvalue weighted by Crippen LogP contribution is 2.19. The van der Waals surface area contributed by atoms with Crippen molar-refractivity contribution in [1.29, 1.82) is 5.26 Å². The Morgan fingerprint density at radius 3 is 2.69 bits per heavy atom. The number of benzene rings is 1. The number of nitrogen functional groups attached to an aromatic ring is 1. The minimum Gasteiger partial charge on any atom is -0.453 e. The molecule has 0 atom stereocenters. The van der Waals surface area contributed by atoms with Crippen molar-refractivity contribution in [2.75, 3.05) is 11.1 Å². The summed E-state index contributed by atoms with van der Waals surface area (Å²) in [5.74, 6) is -0.370. The van der Waals surface area contributed by atoms with Crippen LogP contribution >= 0.6 is 0 Å². The minimum atomic E-state index is -0.760. The molecule has 0 spiro atoms. The maximum absolute atomic E-state index is 12.5. The molecule has 164 valence electrons. The van der Waals surface area contributed by atoms with Gasteiger partial charge >= 0.3 is 5.97 Å². The molecule has 0 saturated heterocycles. The van der Waals surface area contributed by atoms with Crippen molar-refractivity contribution in [2.24, 2.45) is 0 Å². The van der Waals surface area contributed by atoms with Crippen LogP contribution < -0.4 is 11.1 Å². The molecule has 32 heavy (non-hydrogen) atoms. The fourth-order valence-electron chi connectivity index (χ4n) is 3.25. The Labute approximate surface area is 186 Å². The van der Waals surface area contributed by atoms with Crippen LogP contribution in [0.4, 0.5) is 17.6 Å². The van der Waals surface area contributed by atoms with E-state index in [1.165, 1.54) is 0 Å². The first kappa shape index (κ1) is 22.5. The Morgan fingerprint density at radius 2 is 2.00 bits per heavy atom. The van der Waals surface area contributed by atoms with Gasteiger partial charge in [0.1, 0.15) is 11.6 Å². The molecule has 2 heterocycles. The third kappa shape index (κ3) is 5.49. The van der Waals surface area contributed by atoms with Crippen molar-refractivity contribution in [3.63, 3.8) is 0 Å². The van der Waals surface area contributed by atoms with Crippen LogP contribution in [-0.2, 0) is 22.7 Å². The SMILES string of the molecule is CCCn1c(C)cc(/C=C(\C#N)C(=O)OCc2nc(N)nc(Nc3ccccc3)n2)c1C. The Balaban J connectivity index is 1.72. The molecular formula is C23H25N7O2. The molecule has 0 unspecified atom stereocenters. The van der Waals surface area contributed by atoms with E-state index in [-0.39, 0.29) is 29.9 Å². The summed E-state index contributed by atoms with van der Waals surface area (Å²) < 4.78 is 7.42. The summed E-state index contributed by atoms with van der Waals surface area (Å²) in [5.41, 5.74) is 9.30. The van der Waals surface area contributed by atoms with Crippen molar-refractivity contribution in [3.05, 3.63) is 64.7 Å². The zero-order valence-corrected chi connectivity index (χ0v) is 18.3. The second kappa shape index (κ2) is 10.2. The molecule has 0 aliphatic carbocycles. The van der Waals surface area contributed by atoms with Gasteiger partial charge in [0.15, 0.2) is 12.4 Å². The number of aromatic nitrogens is 4. The zero-order valence-electron chi connectivity index (χ0n) is 18.3. The monoisotopic (exact) mass is 431 g/mol. The number of hydrogen-bond acceptors (Lipinski definition) is 8. The highest BCUT2D eigenvalue weighted by Gasteiger charge is 2.15. The van der Waals surface area contributed by atoms with Gasteiger partial charge in [-0.15, -0.1) is 0 Å². The summed E-state index contributed by atoms with van der Waals surface area (Å²) in [7, 11) is 0. The number of nitrogens with zero attached hydrogens (tertiary/aromatic N) is 5. The Kier molecular flexibility index (Phi) is 7.18. The Bertz CT molecular complexity index is 1180. The van der Waals surface area contributed by atoms with Crippen LogP contribution in [0.2, 0.25) is 0 Å². The van der Waals surface area contributed by atoms with E-state index in [0.717, 1.165) is 35.6 Å². The minimum absolute atomic E-state index is 0.0103. The average Bonchev–Trinajstić information content (AvgIpc) is 3.04. The maximum Gasteiger partial charge on any atom is 0.349 e. The number of nitrogens with one attached hydrogen (secondary N) is 1. The normalized spacial score (nSPS) is 11.1. The van der Waals surface area contributed by atoms with Gasteiger partial charge in [0.05, 0.1) is 0 Å². The molecule has 9 heteroatoms. The van der Waals surface area contributed by atoms with Gasteiger partial charge in [0.2, 0.25) is 11.9 Å². The number of esters is 1. The first-order chi connectivity index (χ1) is 15.4. The van der Waals surface area contributed by atoms with E-state index in [4.69, 9.17) is 10.5 Å². The van der Waals surface area contributed by atoms with Crippen molar-refractivity contribution in [3.8, 4) is 6.07 Å². The molecule has 0 aliphatic heterocycles. The van der Waals surface area contributed by atoms with E-state index in [2.05, 4.69) is 31.8 Å². The van der Waals surface area contributed by atoms with Gasteiger partial charge in [-0.1, -0.05) is 25.1 Å². The number of ether oxygens (including phenoxy) is 1. The zero-order chi connectivity index (χ0) is 23.1. The molecule has 0 radical (unpaired) electrons. The van der Waals surface area contributed by atoms with Crippen molar-refractivity contribution in [1.82, 2.24) is 19.5 Å². The number of hydrogen-bond donors (Lipinski definition) is 2. The first-order valence-electron chi connectivity index (χ1n) is 10.2. The van der Waals surface area contributed by atoms with Gasteiger partial charge in [-0.2, -0.15) is 20.2 Å². The van der Waals surface area contributed by atoms with E-state index in [0.29, 0.717) is 0 Å². The molecule has 2 aromatic heterocycles. The molecule has 9 nitrogen and oxygen atoms in total. The molecule has 1 aromatic carbocycles. The highest BCUT2D eigenvalue weighted by molar-refractivity contribution is 5.98. The molecule has 3 rings (SSSR count). The lowest BCUT2D eigenvalue weighted by atomic mass is 10.1. The smallest absolute Gasteiger partial charge is 0.349 e. The van der Waals surface area contributed by atoms with E-state index in [9.17, 15) is 10.1 Å². The van der Waals surface area contributed by atoms with Gasteiger partial charge in [0, 0.05) is 23.6 Å². The van der Waals surface area contributed by atoms with Crippen LogP contribution in [-0.4, -0.2) is 25.5 Å². The van der Waals surface area contributed by atoms with E-state index in [1.807, 2.05) is 56.3 Å². The van der Waals surface area contributed by atoms with Crippen molar-refractivity contribution >= 4 is 29.6 Å². The van der Waals surface area contributed by atoms with Gasteiger partial charge in [-0.05, 0) is 50.1 Å². The van der Waals surface area contributed by atoms with Crippen LogP contribution in [0.5, 0.6) is 0 Å². The highest BCUT2D eigenvalue weighted by atomic mass is 16.5.